The molecule has 80 valence electrons. The highest BCUT2D eigenvalue weighted by atomic mass is 35.5. The average Bonchev–Trinajstić information content (AvgIpc) is 2.78. The van der Waals surface area contributed by atoms with Crippen molar-refractivity contribution in [2.24, 2.45) is 5.84 Å². The van der Waals surface area contributed by atoms with Crippen LogP contribution in [0.3, 0.4) is 0 Å². The number of hydrazine groups is 1. The summed E-state index contributed by atoms with van der Waals surface area (Å²) < 4.78 is 5.33. The summed E-state index contributed by atoms with van der Waals surface area (Å²) in [5.74, 6) is 6.24. The SMILES string of the molecule is Cc1ccc(C(NN)c2ccc(Cl)o2)s1. The van der Waals surface area contributed by atoms with Gasteiger partial charge in [0.2, 0.25) is 0 Å². The van der Waals surface area contributed by atoms with E-state index in [0.717, 1.165) is 10.6 Å². The highest BCUT2D eigenvalue weighted by molar-refractivity contribution is 7.12. The Labute approximate surface area is 96.8 Å². The Bertz CT molecular complexity index is 411. The molecule has 0 aromatic carbocycles. The van der Waals surface area contributed by atoms with Gasteiger partial charge in [-0.1, -0.05) is 0 Å². The third-order valence-electron chi connectivity index (χ3n) is 2.09. The molecule has 0 bridgehead atoms. The first kappa shape index (κ1) is 10.7. The van der Waals surface area contributed by atoms with Crippen molar-refractivity contribution in [3.8, 4) is 0 Å². The van der Waals surface area contributed by atoms with Gasteiger partial charge >= 0.3 is 0 Å². The Morgan fingerprint density at radius 3 is 2.67 bits per heavy atom. The summed E-state index contributed by atoms with van der Waals surface area (Å²) in [6.07, 6.45) is 0. The van der Waals surface area contributed by atoms with Crippen molar-refractivity contribution in [2.75, 3.05) is 0 Å². The highest BCUT2D eigenvalue weighted by Crippen LogP contribution is 2.29. The molecule has 0 spiro atoms. The molecule has 2 aromatic rings. The average molecular weight is 243 g/mol. The molecule has 2 rings (SSSR count). The van der Waals surface area contributed by atoms with Crippen LogP contribution in [0.25, 0.3) is 0 Å². The highest BCUT2D eigenvalue weighted by Gasteiger charge is 2.17. The van der Waals surface area contributed by atoms with Crippen LogP contribution in [0.4, 0.5) is 0 Å². The normalized spacial score (nSPS) is 13.0. The van der Waals surface area contributed by atoms with Gasteiger partial charge < -0.3 is 4.42 Å². The zero-order valence-corrected chi connectivity index (χ0v) is 9.73. The predicted octanol–water partition coefficient (Wildman–Crippen LogP) is 2.86. The molecule has 1 atom stereocenters. The minimum atomic E-state index is -0.129. The van der Waals surface area contributed by atoms with E-state index in [4.69, 9.17) is 21.9 Å². The summed E-state index contributed by atoms with van der Waals surface area (Å²) in [5.41, 5.74) is 2.72. The molecule has 2 heterocycles. The zero-order valence-electron chi connectivity index (χ0n) is 8.16. The number of nitrogens with one attached hydrogen (secondary N) is 1. The number of furan rings is 1. The maximum absolute atomic E-state index is 5.72. The van der Waals surface area contributed by atoms with Gasteiger partial charge in [-0.2, -0.15) is 0 Å². The quantitative estimate of drug-likeness (QED) is 0.643. The molecule has 0 saturated carbocycles. The standard InChI is InChI=1S/C10H11ClN2OS/c1-6-2-4-8(15-6)10(13-12)7-3-5-9(11)14-7/h2-5,10,13H,12H2,1H3. The van der Waals surface area contributed by atoms with Crippen molar-refractivity contribution in [3.05, 3.63) is 45.0 Å². The molecule has 3 nitrogen and oxygen atoms in total. The Morgan fingerprint density at radius 2 is 2.20 bits per heavy atom. The zero-order chi connectivity index (χ0) is 10.8. The molecule has 0 amide bonds. The smallest absolute Gasteiger partial charge is 0.193 e. The molecule has 1 unspecified atom stereocenters. The lowest BCUT2D eigenvalue weighted by molar-refractivity contribution is 0.456. The monoisotopic (exact) mass is 242 g/mol. The van der Waals surface area contributed by atoms with Crippen molar-refractivity contribution < 1.29 is 4.42 Å². The van der Waals surface area contributed by atoms with Crippen molar-refractivity contribution in [1.29, 1.82) is 0 Å². The molecule has 0 saturated heterocycles. The number of aryl methyl sites for hydroxylation is 1. The van der Waals surface area contributed by atoms with Crippen molar-refractivity contribution >= 4 is 22.9 Å². The van der Waals surface area contributed by atoms with E-state index in [-0.39, 0.29) is 6.04 Å². The van der Waals surface area contributed by atoms with E-state index >= 15 is 0 Å². The van der Waals surface area contributed by atoms with Gasteiger partial charge in [-0.15, -0.1) is 11.3 Å². The maximum atomic E-state index is 5.72. The van der Waals surface area contributed by atoms with Gasteiger partial charge in [0, 0.05) is 9.75 Å². The lowest BCUT2D eigenvalue weighted by Crippen LogP contribution is -2.27. The van der Waals surface area contributed by atoms with Crippen LogP contribution in [0.5, 0.6) is 0 Å². The van der Waals surface area contributed by atoms with Gasteiger partial charge in [0.25, 0.3) is 0 Å². The molecule has 5 heteroatoms. The fourth-order valence-corrected chi connectivity index (χ4v) is 2.49. The van der Waals surface area contributed by atoms with Gasteiger partial charge in [0.1, 0.15) is 11.8 Å². The summed E-state index contributed by atoms with van der Waals surface area (Å²) in [4.78, 5) is 2.35. The van der Waals surface area contributed by atoms with Crippen molar-refractivity contribution in [1.82, 2.24) is 5.43 Å². The number of nitrogens with two attached hydrogens (primary N) is 1. The van der Waals surface area contributed by atoms with Crippen LogP contribution in [-0.4, -0.2) is 0 Å². The third-order valence-corrected chi connectivity index (χ3v) is 3.36. The first-order valence-corrected chi connectivity index (χ1v) is 5.68. The third kappa shape index (κ3) is 2.23. The van der Waals surface area contributed by atoms with Gasteiger partial charge in [-0.3, -0.25) is 5.84 Å². The molecule has 15 heavy (non-hydrogen) atoms. The van der Waals surface area contributed by atoms with Crippen molar-refractivity contribution in [3.63, 3.8) is 0 Å². The minimum Gasteiger partial charge on any atom is -0.448 e. The van der Waals surface area contributed by atoms with E-state index in [1.165, 1.54) is 4.88 Å². The topological polar surface area (TPSA) is 51.2 Å². The Hall–Kier alpha value is -0.810. The Balaban J connectivity index is 2.32. The molecule has 0 aliphatic heterocycles. The first-order valence-electron chi connectivity index (χ1n) is 4.48. The summed E-state index contributed by atoms with van der Waals surface area (Å²) in [6, 6.07) is 7.48. The molecule has 0 fully saturated rings. The fourth-order valence-electron chi connectivity index (χ4n) is 1.40. The second-order valence-electron chi connectivity index (χ2n) is 3.19. The minimum absolute atomic E-state index is 0.129. The maximum Gasteiger partial charge on any atom is 0.193 e. The molecule has 0 radical (unpaired) electrons. The second-order valence-corrected chi connectivity index (χ2v) is 4.88. The number of rotatable bonds is 3. The second kappa shape index (κ2) is 4.37. The van der Waals surface area contributed by atoms with E-state index in [2.05, 4.69) is 18.4 Å². The van der Waals surface area contributed by atoms with Crippen LogP contribution in [0.15, 0.2) is 28.7 Å². The van der Waals surface area contributed by atoms with Crippen LogP contribution in [0.2, 0.25) is 5.22 Å². The van der Waals surface area contributed by atoms with Gasteiger partial charge in [-0.05, 0) is 42.8 Å². The summed E-state index contributed by atoms with van der Waals surface area (Å²) in [6.45, 7) is 2.05. The number of thiophene rings is 1. The lowest BCUT2D eigenvalue weighted by atomic mass is 10.2. The Kier molecular flexibility index (Phi) is 3.11. The largest absolute Gasteiger partial charge is 0.448 e. The molecule has 0 aliphatic carbocycles. The lowest BCUT2D eigenvalue weighted by Gasteiger charge is -2.10. The van der Waals surface area contributed by atoms with Crippen molar-refractivity contribution in [2.45, 2.75) is 13.0 Å². The van der Waals surface area contributed by atoms with E-state index in [0.29, 0.717) is 5.22 Å². The molecular formula is C10H11ClN2OS. The van der Waals surface area contributed by atoms with Gasteiger partial charge in [-0.25, -0.2) is 5.43 Å². The summed E-state index contributed by atoms with van der Waals surface area (Å²) >= 11 is 7.40. The number of hydrogen-bond donors (Lipinski definition) is 2. The van der Waals surface area contributed by atoms with E-state index < -0.39 is 0 Å². The molecule has 3 N–H and O–H groups in total. The van der Waals surface area contributed by atoms with Crippen LogP contribution >= 0.6 is 22.9 Å². The van der Waals surface area contributed by atoms with E-state index in [9.17, 15) is 0 Å². The Morgan fingerprint density at radius 1 is 1.40 bits per heavy atom. The molecule has 2 aromatic heterocycles. The van der Waals surface area contributed by atoms with Crippen LogP contribution in [-0.2, 0) is 0 Å². The predicted molar refractivity (Wildman–Crippen MR) is 61.9 cm³/mol. The van der Waals surface area contributed by atoms with Gasteiger partial charge in [0.15, 0.2) is 5.22 Å². The number of hydrogen-bond acceptors (Lipinski definition) is 4. The fraction of sp³-hybridized carbons (Fsp3) is 0.200. The summed E-state index contributed by atoms with van der Waals surface area (Å²) in [7, 11) is 0. The number of halogens is 1. The first-order chi connectivity index (χ1) is 7.20. The van der Waals surface area contributed by atoms with Gasteiger partial charge in [0.05, 0.1) is 0 Å². The van der Waals surface area contributed by atoms with E-state index in [1.807, 2.05) is 12.1 Å². The van der Waals surface area contributed by atoms with Crippen LogP contribution in [0.1, 0.15) is 21.6 Å². The molecule has 0 aliphatic rings. The molecular weight excluding hydrogens is 232 g/mol. The van der Waals surface area contributed by atoms with Crippen LogP contribution in [0, 0.1) is 6.92 Å². The summed E-state index contributed by atoms with van der Waals surface area (Å²) in [5, 5.41) is 0.374. The van der Waals surface area contributed by atoms with E-state index in [1.54, 1.807) is 17.4 Å². The van der Waals surface area contributed by atoms with Crippen LogP contribution < -0.4 is 11.3 Å².